The van der Waals surface area contributed by atoms with Gasteiger partial charge in [0.2, 0.25) is 26.6 Å². The Bertz CT molecular complexity index is 1100. The van der Waals surface area contributed by atoms with Crippen LogP contribution in [-0.4, -0.2) is 26.5 Å². The summed E-state index contributed by atoms with van der Waals surface area (Å²) in [7, 11) is -3.84. The van der Waals surface area contributed by atoms with Gasteiger partial charge in [-0.05, 0) is 42.5 Å². The molecular weight excluding hydrogens is 408 g/mol. The molecular formula is C22H23ClN2O3S. The third kappa shape index (κ3) is 3.91. The maximum Gasteiger partial charge on any atom is 0.236 e. The van der Waals surface area contributed by atoms with Gasteiger partial charge in [0.05, 0.1) is 15.5 Å². The van der Waals surface area contributed by atoms with Gasteiger partial charge in [-0.2, -0.15) is 4.98 Å². The number of oxazole rings is 1. The summed E-state index contributed by atoms with van der Waals surface area (Å²) in [5.41, 5.74) is 0.572. The zero-order chi connectivity index (χ0) is 20.6. The molecule has 1 aromatic heterocycles. The molecule has 0 bridgehead atoms. The summed E-state index contributed by atoms with van der Waals surface area (Å²) < 4.78 is 32.9. The molecule has 5 nitrogen and oxygen atoms in total. The second-order valence-corrected chi connectivity index (χ2v) is 10.0. The molecule has 0 N–H and O–H groups in total. The van der Waals surface area contributed by atoms with Crippen molar-refractivity contribution >= 4 is 27.3 Å². The molecule has 2 unspecified atom stereocenters. The molecule has 2 heterocycles. The van der Waals surface area contributed by atoms with Crippen molar-refractivity contribution in [3.63, 3.8) is 0 Å². The van der Waals surface area contributed by atoms with Crippen LogP contribution in [0.25, 0.3) is 11.5 Å². The lowest BCUT2D eigenvalue weighted by atomic mass is 9.92. The molecule has 2 aromatic carbocycles. The molecule has 0 radical (unpaired) electrons. The fourth-order valence-corrected chi connectivity index (χ4v) is 5.52. The highest BCUT2D eigenvalue weighted by molar-refractivity contribution is 7.91. The highest BCUT2D eigenvalue weighted by Gasteiger charge is 2.34. The quantitative estimate of drug-likeness (QED) is 0.561. The fourth-order valence-electron chi connectivity index (χ4n) is 3.96. The summed E-state index contributed by atoms with van der Waals surface area (Å²) in [6.07, 6.45) is 1.10. The Labute approximate surface area is 176 Å². The Hall–Kier alpha value is -2.31. The largest absolute Gasteiger partial charge is 0.419 e. The van der Waals surface area contributed by atoms with Gasteiger partial charge >= 0.3 is 0 Å². The molecule has 0 saturated carbocycles. The number of halogens is 1. The van der Waals surface area contributed by atoms with Gasteiger partial charge in [0, 0.05) is 13.1 Å². The fraction of sp³-hybridized carbons (Fsp3) is 0.318. The SMILES string of the molecule is CC1CC(C)CN(c2oc(-c3ccccc3Cl)nc2S(=O)(=O)c2ccccc2)C1. The van der Waals surface area contributed by atoms with Crippen LogP contribution >= 0.6 is 11.6 Å². The average Bonchev–Trinajstić information content (AvgIpc) is 3.14. The van der Waals surface area contributed by atoms with Crippen molar-refractivity contribution in [1.82, 2.24) is 4.98 Å². The second kappa shape index (κ2) is 7.84. The van der Waals surface area contributed by atoms with Gasteiger partial charge in [-0.1, -0.05) is 55.8 Å². The summed E-state index contributed by atoms with van der Waals surface area (Å²) in [5, 5.41) is 0.407. The first-order valence-electron chi connectivity index (χ1n) is 9.67. The zero-order valence-corrected chi connectivity index (χ0v) is 17.9. The van der Waals surface area contributed by atoms with Crippen molar-refractivity contribution in [2.75, 3.05) is 18.0 Å². The average molecular weight is 431 g/mol. The predicted octanol–water partition coefficient (Wildman–Crippen LogP) is 5.31. The number of piperidine rings is 1. The minimum absolute atomic E-state index is 0.0556. The lowest BCUT2D eigenvalue weighted by Crippen LogP contribution is -2.39. The smallest absolute Gasteiger partial charge is 0.236 e. The Balaban J connectivity index is 1.88. The van der Waals surface area contributed by atoms with Crippen LogP contribution in [-0.2, 0) is 9.84 Å². The van der Waals surface area contributed by atoms with Crippen molar-refractivity contribution in [3.05, 3.63) is 59.6 Å². The minimum atomic E-state index is -3.84. The summed E-state index contributed by atoms with van der Waals surface area (Å²) in [5.74, 6) is 1.37. The van der Waals surface area contributed by atoms with Gasteiger partial charge in [-0.3, -0.25) is 0 Å². The van der Waals surface area contributed by atoms with E-state index in [-0.39, 0.29) is 15.8 Å². The lowest BCUT2D eigenvalue weighted by molar-refractivity contribution is 0.342. The molecule has 1 aliphatic rings. The first-order valence-corrected chi connectivity index (χ1v) is 11.5. The Morgan fingerprint density at radius 3 is 2.28 bits per heavy atom. The molecule has 1 aliphatic heterocycles. The molecule has 0 aliphatic carbocycles. The van der Waals surface area contributed by atoms with Gasteiger partial charge in [0.1, 0.15) is 0 Å². The van der Waals surface area contributed by atoms with Crippen molar-refractivity contribution in [3.8, 4) is 11.5 Å². The predicted molar refractivity (Wildman–Crippen MR) is 114 cm³/mol. The van der Waals surface area contributed by atoms with E-state index in [4.69, 9.17) is 16.0 Å². The van der Waals surface area contributed by atoms with Gasteiger partial charge < -0.3 is 9.32 Å². The molecule has 152 valence electrons. The van der Waals surface area contributed by atoms with Crippen molar-refractivity contribution in [2.45, 2.75) is 30.2 Å². The number of hydrogen-bond acceptors (Lipinski definition) is 5. The van der Waals surface area contributed by atoms with E-state index in [0.29, 0.717) is 28.3 Å². The highest BCUT2D eigenvalue weighted by atomic mass is 35.5. The maximum atomic E-state index is 13.4. The minimum Gasteiger partial charge on any atom is -0.419 e. The zero-order valence-electron chi connectivity index (χ0n) is 16.4. The summed E-state index contributed by atoms with van der Waals surface area (Å²) in [6.45, 7) is 5.77. The molecule has 7 heteroatoms. The van der Waals surface area contributed by atoms with Crippen molar-refractivity contribution in [2.24, 2.45) is 11.8 Å². The summed E-state index contributed by atoms with van der Waals surface area (Å²) >= 11 is 6.32. The Kier molecular flexibility index (Phi) is 5.40. The number of rotatable bonds is 4. The lowest BCUT2D eigenvalue weighted by Gasteiger charge is -2.34. The van der Waals surface area contributed by atoms with E-state index in [2.05, 4.69) is 18.8 Å². The number of anilines is 1. The standard InChI is InChI=1S/C22H23ClN2O3S/c1-15-12-16(2)14-25(13-15)22-21(29(26,27)17-8-4-3-5-9-17)24-20(28-22)18-10-6-7-11-19(18)23/h3-11,15-16H,12-14H2,1-2H3. The molecule has 0 amide bonds. The van der Waals surface area contributed by atoms with Crippen LogP contribution in [0.1, 0.15) is 20.3 Å². The summed E-state index contributed by atoms with van der Waals surface area (Å²) in [6, 6.07) is 15.5. The van der Waals surface area contributed by atoms with Gasteiger partial charge in [0.15, 0.2) is 0 Å². The van der Waals surface area contributed by atoms with Gasteiger partial charge in [-0.25, -0.2) is 8.42 Å². The molecule has 0 spiro atoms. The molecule has 3 aromatic rings. The number of aromatic nitrogens is 1. The maximum absolute atomic E-state index is 13.4. The monoisotopic (exact) mass is 430 g/mol. The van der Waals surface area contributed by atoms with E-state index in [0.717, 1.165) is 19.5 Å². The van der Waals surface area contributed by atoms with Gasteiger partial charge in [-0.15, -0.1) is 0 Å². The number of sulfone groups is 1. The number of nitrogens with zero attached hydrogens (tertiary/aromatic N) is 2. The Morgan fingerprint density at radius 2 is 1.62 bits per heavy atom. The normalized spacial score (nSPS) is 20.0. The van der Waals surface area contributed by atoms with Crippen LogP contribution in [0.5, 0.6) is 0 Å². The molecule has 2 atom stereocenters. The first kappa shape index (κ1) is 20.0. The Morgan fingerprint density at radius 1 is 1.00 bits per heavy atom. The second-order valence-electron chi connectivity index (χ2n) is 7.78. The number of benzene rings is 2. The number of hydrogen-bond donors (Lipinski definition) is 0. The summed E-state index contributed by atoms with van der Waals surface area (Å²) in [4.78, 5) is 6.63. The van der Waals surface area contributed by atoms with Crippen LogP contribution in [0.4, 0.5) is 5.88 Å². The van der Waals surface area contributed by atoms with E-state index in [1.807, 2.05) is 17.0 Å². The van der Waals surface area contributed by atoms with Crippen LogP contribution in [0.3, 0.4) is 0 Å². The topological polar surface area (TPSA) is 63.4 Å². The van der Waals surface area contributed by atoms with E-state index in [1.54, 1.807) is 42.5 Å². The molecule has 1 fully saturated rings. The molecule has 1 saturated heterocycles. The van der Waals surface area contributed by atoms with E-state index in [9.17, 15) is 8.42 Å². The van der Waals surface area contributed by atoms with Gasteiger partial charge in [0.25, 0.3) is 0 Å². The van der Waals surface area contributed by atoms with Crippen molar-refractivity contribution < 1.29 is 12.8 Å². The highest BCUT2D eigenvalue weighted by Crippen LogP contribution is 2.38. The van der Waals surface area contributed by atoms with E-state index < -0.39 is 9.84 Å². The van der Waals surface area contributed by atoms with Crippen LogP contribution in [0.15, 0.2) is 68.9 Å². The van der Waals surface area contributed by atoms with Crippen LogP contribution < -0.4 is 4.90 Å². The molecule has 29 heavy (non-hydrogen) atoms. The van der Waals surface area contributed by atoms with Crippen molar-refractivity contribution in [1.29, 1.82) is 0 Å². The third-order valence-electron chi connectivity index (χ3n) is 5.15. The molecule has 4 rings (SSSR count). The third-order valence-corrected chi connectivity index (χ3v) is 7.15. The van der Waals surface area contributed by atoms with E-state index in [1.165, 1.54) is 0 Å². The van der Waals surface area contributed by atoms with E-state index >= 15 is 0 Å². The van der Waals surface area contributed by atoms with Crippen LogP contribution in [0, 0.1) is 11.8 Å². The van der Waals surface area contributed by atoms with Crippen LogP contribution in [0.2, 0.25) is 5.02 Å². The first-order chi connectivity index (χ1) is 13.9.